The van der Waals surface area contributed by atoms with E-state index in [0.717, 1.165) is 36.3 Å². The minimum atomic E-state index is 0.871. The van der Waals surface area contributed by atoms with Crippen LogP contribution in [0.25, 0.3) is 4.96 Å². The van der Waals surface area contributed by atoms with Crippen LogP contribution < -0.4 is 10.2 Å². The molecule has 5 heteroatoms. The molecule has 2 aromatic heterocycles. The van der Waals surface area contributed by atoms with Gasteiger partial charge in [0.1, 0.15) is 0 Å². The van der Waals surface area contributed by atoms with E-state index in [0.29, 0.717) is 0 Å². The quantitative estimate of drug-likeness (QED) is 0.796. The molecule has 0 spiro atoms. The highest BCUT2D eigenvalue weighted by Crippen LogP contribution is 2.30. The maximum absolute atomic E-state index is 4.83. The lowest BCUT2D eigenvalue weighted by atomic mass is 9.85. The van der Waals surface area contributed by atoms with E-state index in [1.807, 2.05) is 0 Å². The van der Waals surface area contributed by atoms with Crippen molar-refractivity contribution in [2.75, 3.05) is 25.0 Å². The van der Waals surface area contributed by atoms with Gasteiger partial charge in [0.25, 0.3) is 0 Å². The molecule has 1 fully saturated rings. The molecule has 0 atom stereocenters. The minimum absolute atomic E-state index is 0.871. The third-order valence-electron chi connectivity index (χ3n) is 4.18. The lowest BCUT2D eigenvalue weighted by Gasteiger charge is -2.30. The van der Waals surface area contributed by atoms with E-state index in [9.17, 15) is 0 Å². The monoisotopic (exact) mass is 292 g/mol. The van der Waals surface area contributed by atoms with Crippen molar-refractivity contribution in [3.05, 3.63) is 17.3 Å². The molecular weight excluding hydrogens is 268 g/mol. The van der Waals surface area contributed by atoms with E-state index < -0.39 is 0 Å². The highest BCUT2D eigenvalue weighted by atomic mass is 32.1. The summed E-state index contributed by atoms with van der Waals surface area (Å²) < 4.78 is 2.24. The Labute approximate surface area is 124 Å². The van der Waals surface area contributed by atoms with E-state index in [4.69, 9.17) is 4.98 Å². The van der Waals surface area contributed by atoms with Crippen LogP contribution in [-0.4, -0.2) is 29.5 Å². The summed E-state index contributed by atoms with van der Waals surface area (Å²) in [7, 11) is 2.19. The van der Waals surface area contributed by atoms with Crippen molar-refractivity contribution in [1.82, 2.24) is 14.7 Å². The molecule has 20 heavy (non-hydrogen) atoms. The van der Waals surface area contributed by atoms with E-state index in [1.54, 1.807) is 11.3 Å². The number of rotatable bonds is 7. The normalized spacial score (nSPS) is 15.7. The Hall–Kier alpha value is -1.07. The molecule has 0 radical (unpaired) electrons. The van der Waals surface area contributed by atoms with Crippen molar-refractivity contribution in [3.8, 4) is 0 Å². The number of hydrogen-bond acceptors (Lipinski definition) is 4. The van der Waals surface area contributed by atoms with Crippen LogP contribution in [0.4, 0.5) is 5.82 Å². The van der Waals surface area contributed by atoms with Gasteiger partial charge in [-0.2, -0.15) is 0 Å². The Morgan fingerprint density at radius 1 is 1.50 bits per heavy atom. The maximum Gasteiger partial charge on any atom is 0.195 e. The van der Waals surface area contributed by atoms with Crippen LogP contribution in [0.3, 0.4) is 0 Å². The SMILES string of the molecule is CCCNCc1c(N(C)CC2CCC2)nc2sccn12. The van der Waals surface area contributed by atoms with Crippen LogP contribution in [0.5, 0.6) is 0 Å². The average molecular weight is 292 g/mol. The largest absolute Gasteiger partial charge is 0.358 e. The molecule has 2 heterocycles. The Kier molecular flexibility index (Phi) is 4.27. The highest BCUT2D eigenvalue weighted by Gasteiger charge is 2.22. The molecule has 0 aromatic carbocycles. The predicted octanol–water partition coefficient (Wildman–Crippen LogP) is 3.13. The van der Waals surface area contributed by atoms with Gasteiger partial charge in [0, 0.05) is 31.7 Å². The van der Waals surface area contributed by atoms with Gasteiger partial charge in [-0.25, -0.2) is 4.98 Å². The first-order chi connectivity index (χ1) is 9.79. The van der Waals surface area contributed by atoms with Gasteiger partial charge in [-0.15, -0.1) is 11.3 Å². The van der Waals surface area contributed by atoms with E-state index in [-0.39, 0.29) is 0 Å². The topological polar surface area (TPSA) is 32.6 Å². The molecule has 4 nitrogen and oxygen atoms in total. The summed E-state index contributed by atoms with van der Waals surface area (Å²) >= 11 is 1.71. The molecule has 2 aromatic rings. The van der Waals surface area contributed by atoms with E-state index in [1.165, 1.54) is 31.4 Å². The van der Waals surface area contributed by atoms with Gasteiger partial charge in [0.2, 0.25) is 0 Å². The van der Waals surface area contributed by atoms with Crippen LogP contribution in [0.2, 0.25) is 0 Å². The Morgan fingerprint density at radius 2 is 2.35 bits per heavy atom. The molecule has 110 valence electrons. The summed E-state index contributed by atoms with van der Waals surface area (Å²) in [6.07, 6.45) is 7.48. The fourth-order valence-electron chi connectivity index (χ4n) is 2.82. The second kappa shape index (κ2) is 6.14. The fourth-order valence-corrected chi connectivity index (χ4v) is 3.55. The van der Waals surface area contributed by atoms with Crippen LogP contribution in [0, 0.1) is 5.92 Å². The molecule has 1 N–H and O–H groups in total. The molecule has 1 aliphatic rings. The molecule has 0 bridgehead atoms. The van der Waals surface area contributed by atoms with Gasteiger partial charge in [-0.3, -0.25) is 4.40 Å². The number of fused-ring (bicyclic) bond motifs is 1. The predicted molar refractivity (Wildman–Crippen MR) is 85.7 cm³/mol. The smallest absolute Gasteiger partial charge is 0.195 e. The van der Waals surface area contributed by atoms with Crippen molar-refractivity contribution in [3.63, 3.8) is 0 Å². The lowest BCUT2D eigenvalue weighted by Crippen LogP contribution is -2.30. The van der Waals surface area contributed by atoms with Crippen molar-refractivity contribution >= 4 is 22.1 Å². The van der Waals surface area contributed by atoms with Gasteiger partial charge in [-0.1, -0.05) is 13.3 Å². The Morgan fingerprint density at radius 3 is 3.05 bits per heavy atom. The van der Waals surface area contributed by atoms with Crippen LogP contribution >= 0.6 is 11.3 Å². The second-order valence-electron chi connectivity index (χ2n) is 5.79. The van der Waals surface area contributed by atoms with Crippen molar-refractivity contribution < 1.29 is 0 Å². The molecular formula is C15H24N4S. The van der Waals surface area contributed by atoms with E-state index in [2.05, 4.69) is 40.2 Å². The zero-order chi connectivity index (χ0) is 13.9. The number of nitrogens with one attached hydrogen (secondary N) is 1. The van der Waals surface area contributed by atoms with Crippen LogP contribution in [0.1, 0.15) is 38.3 Å². The number of anilines is 1. The summed E-state index contributed by atoms with van der Waals surface area (Å²) in [5.41, 5.74) is 1.30. The first-order valence-electron chi connectivity index (χ1n) is 7.66. The maximum atomic E-state index is 4.83. The molecule has 1 saturated carbocycles. The van der Waals surface area contributed by atoms with Gasteiger partial charge >= 0.3 is 0 Å². The summed E-state index contributed by atoms with van der Waals surface area (Å²) in [6, 6.07) is 0. The Balaban J connectivity index is 1.79. The summed E-state index contributed by atoms with van der Waals surface area (Å²) in [5.74, 6) is 2.03. The number of nitrogens with zero attached hydrogens (tertiary/aromatic N) is 3. The molecule has 0 aliphatic heterocycles. The molecule has 3 rings (SSSR count). The number of hydrogen-bond donors (Lipinski definition) is 1. The zero-order valence-corrected chi connectivity index (χ0v) is 13.2. The summed E-state index contributed by atoms with van der Waals surface area (Å²) in [4.78, 5) is 8.29. The molecule has 1 aliphatic carbocycles. The zero-order valence-electron chi connectivity index (χ0n) is 12.4. The third-order valence-corrected chi connectivity index (χ3v) is 4.93. The minimum Gasteiger partial charge on any atom is -0.358 e. The molecule has 0 saturated heterocycles. The molecule has 0 unspecified atom stereocenters. The fraction of sp³-hybridized carbons (Fsp3) is 0.667. The third kappa shape index (κ3) is 2.69. The van der Waals surface area contributed by atoms with Crippen molar-refractivity contribution in [1.29, 1.82) is 0 Å². The number of thiazole rings is 1. The number of imidazole rings is 1. The van der Waals surface area contributed by atoms with Crippen LogP contribution in [0.15, 0.2) is 11.6 Å². The first-order valence-corrected chi connectivity index (χ1v) is 8.53. The van der Waals surface area contributed by atoms with Gasteiger partial charge in [0.05, 0.1) is 5.69 Å². The standard InChI is InChI=1S/C15H24N4S/c1-3-7-16-10-13-14(17-15-19(13)8-9-20-15)18(2)11-12-5-4-6-12/h8-9,12,16H,3-7,10-11H2,1-2H3. The van der Waals surface area contributed by atoms with Gasteiger partial charge in [0.15, 0.2) is 10.8 Å². The van der Waals surface area contributed by atoms with Crippen LogP contribution in [-0.2, 0) is 6.54 Å². The molecule has 0 amide bonds. The highest BCUT2D eigenvalue weighted by molar-refractivity contribution is 7.15. The first kappa shape index (κ1) is 13.9. The second-order valence-corrected chi connectivity index (χ2v) is 6.66. The van der Waals surface area contributed by atoms with Crippen molar-refractivity contribution in [2.45, 2.75) is 39.2 Å². The average Bonchev–Trinajstić information content (AvgIpc) is 2.96. The number of aromatic nitrogens is 2. The van der Waals surface area contributed by atoms with Gasteiger partial charge < -0.3 is 10.2 Å². The van der Waals surface area contributed by atoms with Crippen molar-refractivity contribution in [2.24, 2.45) is 5.92 Å². The van der Waals surface area contributed by atoms with Gasteiger partial charge in [-0.05, 0) is 31.7 Å². The Bertz CT molecular complexity index is 555. The lowest BCUT2D eigenvalue weighted by molar-refractivity contribution is 0.321. The summed E-state index contributed by atoms with van der Waals surface area (Å²) in [6.45, 7) is 5.30. The summed E-state index contributed by atoms with van der Waals surface area (Å²) in [5, 5.41) is 5.63. The van der Waals surface area contributed by atoms with E-state index >= 15 is 0 Å².